The molecule has 0 spiro atoms. The summed E-state index contributed by atoms with van der Waals surface area (Å²) in [6, 6.07) is 11.1. The Labute approximate surface area is 120 Å². The number of fused-ring (bicyclic) bond motifs is 1. The maximum atomic E-state index is 13.8. The molecule has 0 unspecified atom stereocenters. The number of hydrogen-bond donors (Lipinski definition) is 2. The summed E-state index contributed by atoms with van der Waals surface area (Å²) in [6.07, 6.45) is 0. The number of nitrogens with two attached hydrogens (primary N) is 1. The third-order valence-corrected chi connectivity index (χ3v) is 4.01. The summed E-state index contributed by atoms with van der Waals surface area (Å²) in [4.78, 5) is 7.71. The van der Waals surface area contributed by atoms with Crippen molar-refractivity contribution in [1.82, 2.24) is 9.97 Å². The third kappa shape index (κ3) is 2.49. The predicted molar refractivity (Wildman–Crippen MR) is 81.2 cm³/mol. The van der Waals surface area contributed by atoms with Crippen molar-refractivity contribution in [2.45, 2.75) is 17.8 Å². The van der Waals surface area contributed by atoms with E-state index >= 15 is 0 Å². The zero-order chi connectivity index (χ0) is 14.1. The van der Waals surface area contributed by atoms with E-state index in [-0.39, 0.29) is 11.5 Å². The highest BCUT2D eigenvalue weighted by Crippen LogP contribution is 2.26. The van der Waals surface area contributed by atoms with Gasteiger partial charge in [-0.2, -0.15) is 0 Å². The summed E-state index contributed by atoms with van der Waals surface area (Å²) < 4.78 is 13.8. The van der Waals surface area contributed by atoms with Gasteiger partial charge in [0.15, 0.2) is 5.16 Å². The number of thioether (sulfide) groups is 1. The molecule has 2 aromatic carbocycles. The first-order valence-corrected chi connectivity index (χ1v) is 7.24. The summed E-state index contributed by atoms with van der Waals surface area (Å²) >= 11 is 1.47. The Morgan fingerprint density at radius 1 is 1.30 bits per heavy atom. The first-order valence-electron chi connectivity index (χ1n) is 6.25. The highest BCUT2D eigenvalue weighted by atomic mass is 32.2. The van der Waals surface area contributed by atoms with Gasteiger partial charge < -0.3 is 10.7 Å². The van der Waals surface area contributed by atoms with Crippen molar-refractivity contribution in [1.29, 1.82) is 0 Å². The van der Waals surface area contributed by atoms with Crippen molar-refractivity contribution in [2.75, 3.05) is 5.73 Å². The summed E-state index contributed by atoms with van der Waals surface area (Å²) in [6.45, 7) is 2.04. The van der Waals surface area contributed by atoms with Gasteiger partial charge in [-0.15, -0.1) is 0 Å². The molecular formula is C15H14FN3S. The van der Waals surface area contributed by atoms with Gasteiger partial charge in [0.2, 0.25) is 0 Å². The minimum atomic E-state index is -0.341. The van der Waals surface area contributed by atoms with Crippen molar-refractivity contribution >= 4 is 28.5 Å². The zero-order valence-corrected chi connectivity index (χ0v) is 11.8. The molecule has 0 saturated carbocycles. The van der Waals surface area contributed by atoms with Crippen LogP contribution in [0, 0.1) is 12.7 Å². The van der Waals surface area contributed by atoms with Crippen LogP contribution in [0.15, 0.2) is 41.6 Å². The summed E-state index contributed by atoms with van der Waals surface area (Å²) in [5.41, 5.74) is 9.44. The number of imidazole rings is 1. The maximum Gasteiger partial charge on any atom is 0.166 e. The molecule has 0 amide bonds. The monoisotopic (exact) mass is 287 g/mol. The number of hydrogen-bond acceptors (Lipinski definition) is 3. The number of nitrogens with zero attached hydrogens (tertiary/aromatic N) is 1. The molecule has 0 aliphatic rings. The summed E-state index contributed by atoms with van der Waals surface area (Å²) in [7, 11) is 0. The molecule has 0 atom stereocenters. The summed E-state index contributed by atoms with van der Waals surface area (Å²) in [5.74, 6) is 0.155. The van der Waals surface area contributed by atoms with Crippen LogP contribution in [-0.4, -0.2) is 9.97 Å². The number of nitrogen functional groups attached to an aromatic ring is 1. The second-order valence-electron chi connectivity index (χ2n) is 4.67. The van der Waals surface area contributed by atoms with Gasteiger partial charge in [-0.3, -0.25) is 0 Å². The lowest BCUT2D eigenvalue weighted by Crippen LogP contribution is -1.95. The van der Waals surface area contributed by atoms with E-state index in [2.05, 4.69) is 9.97 Å². The number of H-pyrrole nitrogens is 1. The maximum absolute atomic E-state index is 13.8. The van der Waals surface area contributed by atoms with E-state index < -0.39 is 0 Å². The molecule has 3 aromatic rings. The number of halogens is 1. The molecule has 0 saturated heterocycles. The third-order valence-electron chi connectivity index (χ3n) is 3.09. The fraction of sp³-hybridized carbons (Fsp3) is 0.133. The molecule has 3 nitrogen and oxygen atoms in total. The number of anilines is 1. The molecule has 0 bridgehead atoms. The summed E-state index contributed by atoms with van der Waals surface area (Å²) in [5, 5.41) is 0.785. The molecule has 5 heteroatoms. The number of aromatic nitrogens is 2. The van der Waals surface area contributed by atoms with Crippen LogP contribution < -0.4 is 5.73 Å². The topological polar surface area (TPSA) is 54.7 Å². The first kappa shape index (κ1) is 13.0. The number of rotatable bonds is 3. The van der Waals surface area contributed by atoms with Crippen molar-refractivity contribution in [3.8, 4) is 0 Å². The van der Waals surface area contributed by atoms with E-state index in [1.807, 2.05) is 25.1 Å². The predicted octanol–water partition coefficient (Wildman–Crippen LogP) is 3.88. The molecule has 0 radical (unpaired) electrons. The molecule has 3 rings (SSSR count). The van der Waals surface area contributed by atoms with Crippen LogP contribution >= 0.6 is 11.8 Å². The Morgan fingerprint density at radius 3 is 3.00 bits per heavy atom. The standard InChI is InChI=1S/C15H14FN3S/c1-9-5-6-12-13(7-9)19-15(18-12)20-8-10-3-2-4-11(17)14(10)16/h2-7H,8,17H2,1H3,(H,18,19). The Kier molecular flexibility index (Phi) is 3.36. The Hall–Kier alpha value is -2.01. The fourth-order valence-electron chi connectivity index (χ4n) is 2.03. The van der Waals surface area contributed by atoms with Gasteiger partial charge in [0.25, 0.3) is 0 Å². The molecule has 1 heterocycles. The Bertz CT molecular complexity index is 767. The van der Waals surface area contributed by atoms with Gasteiger partial charge in [-0.1, -0.05) is 30.0 Å². The van der Waals surface area contributed by atoms with Crippen molar-refractivity contribution in [3.05, 3.63) is 53.3 Å². The van der Waals surface area contributed by atoms with Gasteiger partial charge in [0.05, 0.1) is 16.7 Å². The van der Waals surface area contributed by atoms with Gasteiger partial charge in [0.1, 0.15) is 5.82 Å². The first-order chi connectivity index (χ1) is 9.63. The minimum Gasteiger partial charge on any atom is -0.396 e. The molecule has 0 aliphatic carbocycles. The fourth-order valence-corrected chi connectivity index (χ4v) is 2.89. The van der Waals surface area contributed by atoms with Gasteiger partial charge >= 0.3 is 0 Å². The number of aromatic amines is 1. The molecule has 102 valence electrons. The van der Waals surface area contributed by atoms with Crippen LogP contribution in [-0.2, 0) is 5.75 Å². The average molecular weight is 287 g/mol. The van der Waals surface area contributed by atoms with Crippen LogP contribution in [0.1, 0.15) is 11.1 Å². The van der Waals surface area contributed by atoms with Crippen LogP contribution in [0.3, 0.4) is 0 Å². The molecule has 20 heavy (non-hydrogen) atoms. The molecule has 1 aromatic heterocycles. The zero-order valence-electron chi connectivity index (χ0n) is 11.0. The lowest BCUT2D eigenvalue weighted by molar-refractivity contribution is 0.622. The SMILES string of the molecule is Cc1ccc2nc(SCc3cccc(N)c3F)[nH]c2c1. The molecular weight excluding hydrogens is 273 g/mol. The van der Waals surface area contributed by atoms with Gasteiger partial charge in [-0.05, 0) is 30.7 Å². The van der Waals surface area contributed by atoms with E-state index in [9.17, 15) is 4.39 Å². The number of benzene rings is 2. The molecule has 0 fully saturated rings. The Balaban J connectivity index is 1.81. The normalized spacial score (nSPS) is 11.1. The average Bonchev–Trinajstić information content (AvgIpc) is 2.82. The Morgan fingerprint density at radius 2 is 2.15 bits per heavy atom. The van der Waals surface area contributed by atoms with Gasteiger partial charge in [0, 0.05) is 11.3 Å². The second-order valence-corrected chi connectivity index (χ2v) is 5.64. The number of aryl methyl sites for hydroxylation is 1. The highest BCUT2D eigenvalue weighted by Gasteiger charge is 2.08. The van der Waals surface area contributed by atoms with Crippen LogP contribution in [0.2, 0.25) is 0 Å². The lowest BCUT2D eigenvalue weighted by atomic mass is 10.2. The van der Waals surface area contributed by atoms with Crippen molar-refractivity contribution in [2.24, 2.45) is 0 Å². The smallest absolute Gasteiger partial charge is 0.166 e. The van der Waals surface area contributed by atoms with Crippen molar-refractivity contribution < 1.29 is 4.39 Å². The highest BCUT2D eigenvalue weighted by molar-refractivity contribution is 7.98. The quantitative estimate of drug-likeness (QED) is 0.567. The van der Waals surface area contributed by atoms with E-state index in [4.69, 9.17) is 5.73 Å². The van der Waals surface area contributed by atoms with E-state index in [1.54, 1.807) is 18.2 Å². The largest absolute Gasteiger partial charge is 0.396 e. The number of nitrogens with one attached hydrogen (secondary N) is 1. The second kappa shape index (κ2) is 5.17. The van der Waals surface area contributed by atoms with Gasteiger partial charge in [-0.25, -0.2) is 9.37 Å². The van der Waals surface area contributed by atoms with E-state index in [1.165, 1.54) is 17.3 Å². The van der Waals surface area contributed by atoms with E-state index in [0.717, 1.165) is 16.2 Å². The molecule has 0 aliphatic heterocycles. The van der Waals surface area contributed by atoms with Crippen molar-refractivity contribution in [3.63, 3.8) is 0 Å². The van der Waals surface area contributed by atoms with Crippen LogP contribution in [0.4, 0.5) is 10.1 Å². The van der Waals surface area contributed by atoms with Crippen LogP contribution in [0.25, 0.3) is 11.0 Å². The minimum absolute atomic E-state index is 0.184. The lowest BCUT2D eigenvalue weighted by Gasteiger charge is -2.03. The van der Waals surface area contributed by atoms with E-state index in [0.29, 0.717) is 11.3 Å². The molecule has 3 N–H and O–H groups in total. The van der Waals surface area contributed by atoms with Crippen LogP contribution in [0.5, 0.6) is 0 Å².